The Bertz CT molecular complexity index is 1410. The van der Waals surface area contributed by atoms with Crippen molar-refractivity contribution in [1.29, 1.82) is 0 Å². The van der Waals surface area contributed by atoms with E-state index in [-0.39, 0.29) is 22.9 Å². The molecule has 4 rings (SSSR count). The molecular weight excluding hydrogens is 481 g/mol. The minimum Gasteiger partial charge on any atom is -0.446 e. The molecule has 0 fully saturated rings. The van der Waals surface area contributed by atoms with Crippen LogP contribution < -0.4 is 14.2 Å². The predicted octanol–water partition coefficient (Wildman–Crippen LogP) is 6.81. The SMILES string of the molecule is O=C(Oc1ccccc1Oc1ccc(C(F)(F)F)cc1[N+](=O)[O-])c1cccnc1Oc1ccccc1. The maximum absolute atomic E-state index is 13.0. The number of carbonyl (C=O) groups excluding carboxylic acids is 1. The third-order valence-corrected chi connectivity index (χ3v) is 4.70. The number of carbonyl (C=O) groups is 1. The van der Waals surface area contributed by atoms with Crippen molar-refractivity contribution >= 4 is 11.7 Å². The summed E-state index contributed by atoms with van der Waals surface area (Å²) in [5.74, 6) is -1.19. The number of rotatable bonds is 7. The Hall–Kier alpha value is -4.93. The molecule has 0 saturated carbocycles. The summed E-state index contributed by atoms with van der Waals surface area (Å²) in [4.78, 5) is 27.4. The second kappa shape index (κ2) is 10.1. The Morgan fingerprint density at radius 1 is 0.833 bits per heavy atom. The first-order chi connectivity index (χ1) is 17.2. The van der Waals surface area contributed by atoms with Crippen molar-refractivity contribution in [2.24, 2.45) is 0 Å². The van der Waals surface area contributed by atoms with Gasteiger partial charge in [0.1, 0.15) is 11.3 Å². The van der Waals surface area contributed by atoms with Crippen molar-refractivity contribution in [2.75, 3.05) is 0 Å². The Balaban J connectivity index is 1.61. The molecule has 0 amide bonds. The molecule has 182 valence electrons. The quantitative estimate of drug-likeness (QED) is 0.120. The Labute approximate surface area is 201 Å². The molecule has 1 aromatic heterocycles. The number of benzene rings is 3. The second-order valence-corrected chi connectivity index (χ2v) is 7.15. The van der Waals surface area contributed by atoms with Crippen LogP contribution in [0.4, 0.5) is 18.9 Å². The number of nitro groups is 1. The van der Waals surface area contributed by atoms with Crippen molar-refractivity contribution in [3.63, 3.8) is 0 Å². The van der Waals surface area contributed by atoms with Crippen molar-refractivity contribution in [1.82, 2.24) is 4.98 Å². The van der Waals surface area contributed by atoms with Crippen molar-refractivity contribution in [2.45, 2.75) is 6.18 Å². The number of nitrogens with zero attached hydrogens (tertiary/aromatic N) is 2. The highest BCUT2D eigenvalue weighted by Gasteiger charge is 2.33. The van der Waals surface area contributed by atoms with Gasteiger partial charge in [-0.15, -0.1) is 0 Å². The summed E-state index contributed by atoms with van der Waals surface area (Å²) in [6, 6.07) is 19.1. The molecule has 4 aromatic rings. The van der Waals surface area contributed by atoms with Crippen molar-refractivity contribution < 1.29 is 37.1 Å². The number of esters is 1. The highest BCUT2D eigenvalue weighted by Crippen LogP contribution is 2.40. The highest BCUT2D eigenvalue weighted by atomic mass is 19.4. The summed E-state index contributed by atoms with van der Waals surface area (Å²) in [5, 5.41) is 11.4. The van der Waals surface area contributed by atoms with Gasteiger partial charge in [0.15, 0.2) is 11.5 Å². The van der Waals surface area contributed by atoms with E-state index in [2.05, 4.69) is 4.98 Å². The number of hydrogen-bond acceptors (Lipinski definition) is 7. The fourth-order valence-corrected chi connectivity index (χ4v) is 3.04. The van der Waals surface area contributed by atoms with E-state index in [9.17, 15) is 28.1 Å². The number of aromatic nitrogens is 1. The predicted molar refractivity (Wildman–Crippen MR) is 120 cm³/mol. The highest BCUT2D eigenvalue weighted by molar-refractivity contribution is 5.93. The van der Waals surface area contributed by atoms with Gasteiger partial charge in [-0.3, -0.25) is 10.1 Å². The number of alkyl halides is 3. The Morgan fingerprint density at radius 2 is 1.53 bits per heavy atom. The summed E-state index contributed by atoms with van der Waals surface area (Å²) >= 11 is 0. The van der Waals surface area contributed by atoms with Crippen LogP contribution in [0.25, 0.3) is 0 Å². The topological polar surface area (TPSA) is 101 Å². The number of para-hydroxylation sites is 3. The van der Waals surface area contributed by atoms with E-state index in [0.717, 1.165) is 6.07 Å². The third kappa shape index (κ3) is 5.58. The van der Waals surface area contributed by atoms with Crippen LogP contribution in [0.1, 0.15) is 15.9 Å². The second-order valence-electron chi connectivity index (χ2n) is 7.15. The lowest BCUT2D eigenvalue weighted by molar-refractivity contribution is -0.385. The van der Waals surface area contributed by atoms with Crippen LogP contribution in [0, 0.1) is 10.1 Å². The lowest BCUT2D eigenvalue weighted by Gasteiger charge is -2.13. The lowest BCUT2D eigenvalue weighted by atomic mass is 10.2. The minimum absolute atomic E-state index is 0.0170. The first-order valence-corrected chi connectivity index (χ1v) is 10.2. The van der Waals surface area contributed by atoms with E-state index in [1.807, 2.05) is 0 Å². The molecule has 3 aromatic carbocycles. The standard InChI is InChI=1S/C25H15F3N2O6/c26-25(27,28)16-12-13-20(19(15-16)30(32)33)35-21-10-4-5-11-22(21)36-24(31)18-9-6-14-29-23(18)34-17-7-2-1-3-8-17/h1-15H. The van der Waals surface area contributed by atoms with Gasteiger partial charge >= 0.3 is 17.8 Å². The molecule has 0 unspecified atom stereocenters. The summed E-state index contributed by atoms with van der Waals surface area (Å²) in [7, 11) is 0. The number of pyridine rings is 1. The first-order valence-electron chi connectivity index (χ1n) is 10.2. The molecule has 0 aliphatic carbocycles. The molecular formula is C25H15F3N2O6. The largest absolute Gasteiger partial charge is 0.446 e. The van der Waals surface area contributed by atoms with E-state index in [1.54, 1.807) is 30.3 Å². The fourth-order valence-electron chi connectivity index (χ4n) is 3.04. The summed E-state index contributed by atoms with van der Waals surface area (Å²) in [6.07, 6.45) is -3.35. The molecule has 0 spiro atoms. The fraction of sp³-hybridized carbons (Fsp3) is 0.0400. The van der Waals surface area contributed by atoms with E-state index in [4.69, 9.17) is 14.2 Å². The van der Waals surface area contributed by atoms with E-state index in [1.165, 1.54) is 42.6 Å². The lowest BCUT2D eigenvalue weighted by Crippen LogP contribution is -2.11. The van der Waals surface area contributed by atoms with Crippen LogP contribution in [-0.4, -0.2) is 15.9 Å². The van der Waals surface area contributed by atoms with Crippen LogP contribution in [0.15, 0.2) is 91.1 Å². The summed E-state index contributed by atoms with van der Waals surface area (Å²) in [5.41, 5.74) is -2.13. The molecule has 1 heterocycles. The molecule has 0 bridgehead atoms. The average Bonchev–Trinajstić information content (AvgIpc) is 2.85. The number of nitro benzene ring substituents is 1. The smallest absolute Gasteiger partial charge is 0.416 e. The van der Waals surface area contributed by atoms with Crippen molar-refractivity contribution in [3.8, 4) is 28.9 Å². The van der Waals surface area contributed by atoms with E-state index < -0.39 is 34.1 Å². The van der Waals surface area contributed by atoms with Gasteiger partial charge in [0.05, 0.1) is 10.5 Å². The van der Waals surface area contributed by atoms with Gasteiger partial charge in [0.25, 0.3) is 0 Å². The summed E-state index contributed by atoms with van der Waals surface area (Å²) < 4.78 is 55.6. The van der Waals surface area contributed by atoms with Gasteiger partial charge < -0.3 is 14.2 Å². The zero-order valence-corrected chi connectivity index (χ0v) is 18.1. The van der Waals surface area contributed by atoms with Gasteiger partial charge in [-0.1, -0.05) is 30.3 Å². The Kier molecular flexibility index (Phi) is 6.81. The molecule has 0 aliphatic heterocycles. The van der Waals surface area contributed by atoms with Crippen LogP contribution in [0.3, 0.4) is 0 Å². The van der Waals surface area contributed by atoms with Crippen LogP contribution in [0.5, 0.6) is 28.9 Å². The van der Waals surface area contributed by atoms with Crippen LogP contribution >= 0.6 is 0 Å². The minimum atomic E-state index is -4.78. The number of hydrogen-bond donors (Lipinski definition) is 0. The molecule has 0 atom stereocenters. The van der Waals surface area contributed by atoms with Gasteiger partial charge in [-0.2, -0.15) is 13.2 Å². The van der Waals surface area contributed by atoms with Gasteiger partial charge in [-0.05, 0) is 48.5 Å². The normalized spacial score (nSPS) is 11.0. The van der Waals surface area contributed by atoms with Gasteiger partial charge in [0, 0.05) is 12.3 Å². The monoisotopic (exact) mass is 496 g/mol. The van der Waals surface area contributed by atoms with Gasteiger partial charge in [-0.25, -0.2) is 9.78 Å². The van der Waals surface area contributed by atoms with Crippen LogP contribution in [-0.2, 0) is 6.18 Å². The van der Waals surface area contributed by atoms with E-state index in [0.29, 0.717) is 17.9 Å². The van der Waals surface area contributed by atoms with Crippen LogP contribution in [0.2, 0.25) is 0 Å². The first kappa shape index (κ1) is 24.2. The molecule has 0 radical (unpaired) electrons. The molecule has 0 N–H and O–H groups in total. The number of ether oxygens (including phenoxy) is 3. The summed E-state index contributed by atoms with van der Waals surface area (Å²) in [6.45, 7) is 0. The molecule has 11 heteroatoms. The molecule has 0 saturated heterocycles. The average molecular weight is 496 g/mol. The van der Waals surface area contributed by atoms with E-state index >= 15 is 0 Å². The number of halogens is 3. The molecule has 0 aliphatic rings. The zero-order chi connectivity index (χ0) is 25.7. The maximum atomic E-state index is 13.0. The van der Waals surface area contributed by atoms with Crippen molar-refractivity contribution in [3.05, 3.63) is 112 Å². The molecule has 8 nitrogen and oxygen atoms in total. The Morgan fingerprint density at radius 3 is 2.22 bits per heavy atom. The maximum Gasteiger partial charge on any atom is 0.416 e. The third-order valence-electron chi connectivity index (χ3n) is 4.70. The zero-order valence-electron chi connectivity index (χ0n) is 18.1. The molecule has 36 heavy (non-hydrogen) atoms. The van der Waals surface area contributed by atoms with Gasteiger partial charge in [0.2, 0.25) is 11.6 Å².